The molecule has 1 aromatic carbocycles. The number of nitrogens with zero attached hydrogens (tertiary/aromatic N) is 1. The molecule has 1 aromatic rings. The van der Waals surface area contributed by atoms with Crippen LogP contribution in [0.1, 0.15) is 52.4 Å². The molecule has 0 heterocycles. The van der Waals surface area contributed by atoms with E-state index in [4.69, 9.17) is 4.74 Å². The lowest BCUT2D eigenvalue weighted by atomic mass is 10.2. The Balaban J connectivity index is 2.25. The van der Waals surface area contributed by atoms with Crippen LogP contribution >= 0.6 is 0 Å². The molecule has 0 aliphatic rings. The molecule has 3 nitrogen and oxygen atoms in total. The maximum atomic E-state index is 12.2. The van der Waals surface area contributed by atoms with Gasteiger partial charge in [-0.1, -0.05) is 44.9 Å². The van der Waals surface area contributed by atoms with Crippen molar-refractivity contribution < 1.29 is 9.53 Å². The molecule has 1 rings (SSSR count). The molecule has 1 amide bonds. The van der Waals surface area contributed by atoms with E-state index in [1.54, 1.807) is 0 Å². The van der Waals surface area contributed by atoms with Gasteiger partial charge in [-0.15, -0.1) is 0 Å². The summed E-state index contributed by atoms with van der Waals surface area (Å²) < 4.78 is 5.63. The molecule has 0 atom stereocenters. The predicted octanol–water partition coefficient (Wildman–Crippen LogP) is 4.27. The molecule has 0 spiro atoms. The fourth-order valence-corrected chi connectivity index (χ4v) is 2.15. The number of hydrogen-bond acceptors (Lipinski definition) is 2. The van der Waals surface area contributed by atoms with Gasteiger partial charge in [-0.2, -0.15) is 0 Å². The Morgan fingerprint density at radius 2 is 1.62 bits per heavy atom. The van der Waals surface area contributed by atoms with Gasteiger partial charge in [0, 0.05) is 19.5 Å². The molecule has 118 valence electrons. The summed E-state index contributed by atoms with van der Waals surface area (Å²) >= 11 is 0. The minimum absolute atomic E-state index is 0.272. The predicted molar refractivity (Wildman–Crippen MR) is 87.6 cm³/mol. The van der Waals surface area contributed by atoms with E-state index in [2.05, 4.69) is 13.8 Å². The van der Waals surface area contributed by atoms with Gasteiger partial charge in [-0.25, -0.2) is 0 Å². The number of benzene rings is 1. The van der Waals surface area contributed by atoms with Gasteiger partial charge < -0.3 is 9.64 Å². The highest BCUT2D eigenvalue weighted by Crippen LogP contribution is 2.09. The standard InChI is InChI=1S/C18H29NO2/c1-3-5-14-19(15-6-4-2)18(20)13-10-16-21-17-11-8-7-9-12-17/h7-9,11-12H,3-6,10,13-16H2,1-2H3. The molecule has 21 heavy (non-hydrogen) atoms. The van der Waals surface area contributed by atoms with Crippen molar-refractivity contribution in [2.75, 3.05) is 19.7 Å². The first-order valence-corrected chi connectivity index (χ1v) is 8.23. The second-order valence-electron chi connectivity index (χ2n) is 5.35. The van der Waals surface area contributed by atoms with Gasteiger partial charge in [0.1, 0.15) is 5.75 Å². The lowest BCUT2D eigenvalue weighted by Crippen LogP contribution is -2.33. The van der Waals surface area contributed by atoms with Gasteiger partial charge in [0.15, 0.2) is 0 Å². The van der Waals surface area contributed by atoms with Gasteiger partial charge in [-0.05, 0) is 31.4 Å². The van der Waals surface area contributed by atoms with Crippen LogP contribution in [0.2, 0.25) is 0 Å². The van der Waals surface area contributed by atoms with Gasteiger partial charge >= 0.3 is 0 Å². The van der Waals surface area contributed by atoms with Crippen molar-refractivity contribution in [2.24, 2.45) is 0 Å². The number of unbranched alkanes of at least 4 members (excludes halogenated alkanes) is 2. The Bertz CT molecular complexity index is 370. The van der Waals surface area contributed by atoms with E-state index in [1.165, 1.54) is 0 Å². The average Bonchev–Trinajstić information content (AvgIpc) is 2.52. The van der Waals surface area contributed by atoms with E-state index in [-0.39, 0.29) is 5.91 Å². The van der Waals surface area contributed by atoms with E-state index in [0.717, 1.165) is 50.9 Å². The molecule has 0 aromatic heterocycles. The van der Waals surface area contributed by atoms with Crippen molar-refractivity contribution in [3.8, 4) is 5.75 Å². The monoisotopic (exact) mass is 291 g/mol. The number of carbonyl (C=O) groups is 1. The van der Waals surface area contributed by atoms with Crippen LogP contribution in [0.25, 0.3) is 0 Å². The summed E-state index contributed by atoms with van der Waals surface area (Å²) in [5.74, 6) is 1.15. The third-order valence-electron chi connectivity index (χ3n) is 3.46. The number of rotatable bonds is 11. The van der Waals surface area contributed by atoms with Crippen molar-refractivity contribution in [1.29, 1.82) is 0 Å². The second-order valence-corrected chi connectivity index (χ2v) is 5.35. The van der Waals surface area contributed by atoms with Crippen LogP contribution in [-0.4, -0.2) is 30.5 Å². The molecule has 3 heteroatoms. The van der Waals surface area contributed by atoms with Crippen molar-refractivity contribution >= 4 is 5.91 Å². The topological polar surface area (TPSA) is 29.5 Å². The van der Waals surface area contributed by atoms with Crippen molar-refractivity contribution in [1.82, 2.24) is 4.90 Å². The van der Waals surface area contributed by atoms with Crippen molar-refractivity contribution in [3.63, 3.8) is 0 Å². The maximum Gasteiger partial charge on any atom is 0.222 e. The minimum Gasteiger partial charge on any atom is -0.494 e. The van der Waals surface area contributed by atoms with Crippen LogP contribution in [0.5, 0.6) is 5.75 Å². The SMILES string of the molecule is CCCCN(CCCC)C(=O)CCCOc1ccccc1. The third kappa shape index (κ3) is 7.74. The zero-order chi connectivity index (χ0) is 15.3. The Hall–Kier alpha value is -1.51. The van der Waals surface area contributed by atoms with Crippen LogP contribution in [0, 0.1) is 0 Å². The highest BCUT2D eigenvalue weighted by Gasteiger charge is 2.11. The number of carbonyl (C=O) groups excluding carboxylic acids is 1. The minimum atomic E-state index is 0.272. The first-order chi connectivity index (χ1) is 10.3. The first-order valence-electron chi connectivity index (χ1n) is 8.23. The van der Waals surface area contributed by atoms with Gasteiger partial charge in [0.05, 0.1) is 6.61 Å². The molecule has 0 saturated carbocycles. The van der Waals surface area contributed by atoms with Crippen molar-refractivity contribution in [3.05, 3.63) is 30.3 Å². The van der Waals surface area contributed by atoms with Crippen LogP contribution < -0.4 is 4.74 Å². The third-order valence-corrected chi connectivity index (χ3v) is 3.46. The fraction of sp³-hybridized carbons (Fsp3) is 0.611. The average molecular weight is 291 g/mol. The van der Waals surface area contributed by atoms with E-state index < -0.39 is 0 Å². The summed E-state index contributed by atoms with van der Waals surface area (Å²) in [5.41, 5.74) is 0. The smallest absolute Gasteiger partial charge is 0.222 e. The van der Waals surface area contributed by atoms with E-state index in [1.807, 2.05) is 35.2 Å². The number of hydrogen-bond donors (Lipinski definition) is 0. The summed E-state index contributed by atoms with van der Waals surface area (Å²) in [5, 5.41) is 0. The molecule has 0 fully saturated rings. The lowest BCUT2D eigenvalue weighted by Gasteiger charge is -2.22. The summed E-state index contributed by atoms with van der Waals surface area (Å²) in [6.07, 6.45) is 5.81. The van der Waals surface area contributed by atoms with Gasteiger partial charge in [0.25, 0.3) is 0 Å². The summed E-state index contributed by atoms with van der Waals surface area (Å²) in [6.45, 7) is 6.72. The Kier molecular flexibility index (Phi) is 9.34. The number of amides is 1. The van der Waals surface area contributed by atoms with Gasteiger partial charge in [-0.3, -0.25) is 4.79 Å². The van der Waals surface area contributed by atoms with E-state index in [0.29, 0.717) is 13.0 Å². The highest BCUT2D eigenvalue weighted by atomic mass is 16.5. The fourth-order valence-electron chi connectivity index (χ4n) is 2.15. The molecule has 0 N–H and O–H groups in total. The number of para-hydroxylation sites is 1. The van der Waals surface area contributed by atoms with E-state index >= 15 is 0 Å². The number of ether oxygens (including phenoxy) is 1. The van der Waals surface area contributed by atoms with Crippen LogP contribution in [0.15, 0.2) is 30.3 Å². The first kappa shape index (κ1) is 17.5. The molecule has 0 radical (unpaired) electrons. The maximum absolute atomic E-state index is 12.2. The largest absolute Gasteiger partial charge is 0.494 e. The molecule has 0 aliphatic heterocycles. The molecule has 0 unspecified atom stereocenters. The molecular weight excluding hydrogens is 262 g/mol. The Morgan fingerprint density at radius 1 is 1.00 bits per heavy atom. The lowest BCUT2D eigenvalue weighted by molar-refractivity contribution is -0.131. The summed E-state index contributed by atoms with van der Waals surface area (Å²) in [4.78, 5) is 14.3. The second kappa shape index (κ2) is 11.2. The summed E-state index contributed by atoms with van der Waals surface area (Å²) in [6, 6.07) is 9.76. The van der Waals surface area contributed by atoms with E-state index in [9.17, 15) is 4.79 Å². The normalized spacial score (nSPS) is 10.4. The molecule has 0 saturated heterocycles. The van der Waals surface area contributed by atoms with Crippen molar-refractivity contribution in [2.45, 2.75) is 52.4 Å². The zero-order valence-corrected chi connectivity index (χ0v) is 13.5. The van der Waals surface area contributed by atoms with Crippen LogP contribution in [0.4, 0.5) is 0 Å². The summed E-state index contributed by atoms with van der Waals surface area (Å²) in [7, 11) is 0. The molecular formula is C18H29NO2. The zero-order valence-electron chi connectivity index (χ0n) is 13.5. The quantitative estimate of drug-likeness (QED) is 0.570. The van der Waals surface area contributed by atoms with Gasteiger partial charge in [0.2, 0.25) is 5.91 Å². The molecule has 0 aliphatic carbocycles. The van der Waals surface area contributed by atoms with Crippen LogP contribution in [-0.2, 0) is 4.79 Å². The Labute approximate surface area is 129 Å². The molecule has 0 bridgehead atoms. The van der Waals surface area contributed by atoms with Crippen LogP contribution in [0.3, 0.4) is 0 Å². The highest BCUT2D eigenvalue weighted by molar-refractivity contribution is 5.76. The Morgan fingerprint density at radius 3 is 2.19 bits per heavy atom.